The first-order chi connectivity index (χ1) is 13.3. The number of nitrogens with zero attached hydrogens (tertiary/aromatic N) is 2. The first-order valence-electron chi connectivity index (χ1n) is 8.22. The Morgan fingerprint density at radius 1 is 1.14 bits per heavy atom. The second kappa shape index (κ2) is 7.74. The highest BCUT2D eigenvalue weighted by molar-refractivity contribution is 6.34. The summed E-state index contributed by atoms with van der Waals surface area (Å²) in [6, 6.07) is 9.57. The molecule has 0 radical (unpaired) electrons. The molecule has 0 aliphatic carbocycles. The van der Waals surface area contributed by atoms with Gasteiger partial charge in [0.05, 0.1) is 41.8 Å². The Balaban J connectivity index is 1.96. The Labute approximate surface area is 166 Å². The number of ether oxygens (including phenoxy) is 2. The van der Waals surface area contributed by atoms with Gasteiger partial charge in [-0.1, -0.05) is 17.7 Å². The quantitative estimate of drug-likeness (QED) is 0.770. The van der Waals surface area contributed by atoms with E-state index in [0.717, 1.165) is 10.6 Å². The van der Waals surface area contributed by atoms with E-state index < -0.39 is 5.97 Å². The van der Waals surface area contributed by atoms with Gasteiger partial charge in [0, 0.05) is 0 Å². The summed E-state index contributed by atoms with van der Waals surface area (Å²) in [5.74, 6) is -0.430. The van der Waals surface area contributed by atoms with Gasteiger partial charge >= 0.3 is 5.97 Å². The molecule has 3 rings (SSSR count). The lowest BCUT2D eigenvalue weighted by molar-refractivity contribution is -0.114. The van der Waals surface area contributed by atoms with Gasteiger partial charge in [-0.2, -0.15) is 10.1 Å². The molecule has 0 atom stereocenters. The molecule has 1 aliphatic heterocycles. The smallest absolute Gasteiger partial charge is 0.337 e. The van der Waals surface area contributed by atoms with Crippen LogP contribution in [0.4, 0.5) is 5.69 Å². The zero-order valence-electron chi connectivity index (χ0n) is 15.4. The van der Waals surface area contributed by atoms with Crippen LogP contribution in [0.3, 0.4) is 0 Å². The van der Waals surface area contributed by atoms with Crippen LogP contribution in [-0.4, -0.2) is 36.9 Å². The fraction of sp³-hybridized carbons (Fsp3) is 0.150. The second-order valence-electron chi connectivity index (χ2n) is 5.94. The highest BCUT2D eigenvalue weighted by Gasteiger charge is 2.29. The number of carboxylic acid groups (broad SMARTS) is 1. The standard InChI is InChI=1S/C20H17ClN2O5/c1-11-14(8-12-4-7-17(27-2)18(9-12)28-3)19(24)23(22-11)13-5-6-16(21)15(10-13)20(25)26/h4-10H,1-3H3,(H,25,26)/b14-8-. The van der Waals surface area contributed by atoms with Crippen LogP contribution in [-0.2, 0) is 4.79 Å². The number of carbonyl (C=O) groups excluding carboxylic acids is 1. The number of benzene rings is 2. The molecule has 2 aromatic rings. The Morgan fingerprint density at radius 2 is 1.86 bits per heavy atom. The van der Waals surface area contributed by atoms with Crippen molar-refractivity contribution in [2.45, 2.75) is 6.92 Å². The van der Waals surface area contributed by atoms with Gasteiger partial charge in [-0.25, -0.2) is 4.79 Å². The largest absolute Gasteiger partial charge is 0.493 e. The highest BCUT2D eigenvalue weighted by atomic mass is 35.5. The number of amides is 1. The zero-order valence-corrected chi connectivity index (χ0v) is 16.1. The van der Waals surface area contributed by atoms with E-state index >= 15 is 0 Å². The molecule has 144 valence electrons. The number of hydrazone groups is 1. The van der Waals surface area contributed by atoms with Gasteiger partial charge in [0.25, 0.3) is 5.91 Å². The normalized spacial score (nSPS) is 15.0. The number of carbonyl (C=O) groups is 2. The average Bonchev–Trinajstić information content (AvgIpc) is 2.96. The number of aromatic carboxylic acids is 1. The minimum atomic E-state index is -1.18. The van der Waals surface area contributed by atoms with Gasteiger partial charge < -0.3 is 14.6 Å². The van der Waals surface area contributed by atoms with E-state index in [4.69, 9.17) is 21.1 Å². The number of rotatable bonds is 5. The summed E-state index contributed by atoms with van der Waals surface area (Å²) in [6.07, 6.45) is 1.69. The number of hydrogen-bond donors (Lipinski definition) is 1. The van der Waals surface area contributed by atoms with Crippen LogP contribution in [0.1, 0.15) is 22.8 Å². The van der Waals surface area contributed by atoms with Gasteiger partial charge in [0.1, 0.15) is 0 Å². The molecule has 8 heteroatoms. The van der Waals surface area contributed by atoms with Gasteiger partial charge in [-0.05, 0) is 48.9 Å². The van der Waals surface area contributed by atoms with Crippen LogP contribution in [0, 0.1) is 0 Å². The van der Waals surface area contributed by atoms with E-state index in [1.165, 1.54) is 19.2 Å². The molecule has 0 fully saturated rings. The molecule has 1 aliphatic rings. The lowest BCUT2D eigenvalue weighted by Crippen LogP contribution is -2.21. The summed E-state index contributed by atoms with van der Waals surface area (Å²) in [5, 5.41) is 14.7. The zero-order chi connectivity index (χ0) is 20.4. The molecule has 28 heavy (non-hydrogen) atoms. The first-order valence-corrected chi connectivity index (χ1v) is 8.60. The summed E-state index contributed by atoms with van der Waals surface area (Å²) < 4.78 is 10.5. The Bertz CT molecular complexity index is 1030. The summed E-state index contributed by atoms with van der Waals surface area (Å²) in [4.78, 5) is 24.2. The summed E-state index contributed by atoms with van der Waals surface area (Å²) in [5.41, 5.74) is 1.85. The molecule has 7 nitrogen and oxygen atoms in total. The first kappa shape index (κ1) is 19.4. The predicted molar refractivity (Wildman–Crippen MR) is 107 cm³/mol. The van der Waals surface area contributed by atoms with E-state index in [1.54, 1.807) is 44.4 Å². The highest BCUT2D eigenvalue weighted by Crippen LogP contribution is 2.31. The summed E-state index contributed by atoms with van der Waals surface area (Å²) in [6.45, 7) is 1.71. The third kappa shape index (κ3) is 3.57. The lowest BCUT2D eigenvalue weighted by atomic mass is 10.1. The molecule has 0 bridgehead atoms. The van der Waals surface area contributed by atoms with Gasteiger partial charge in [-0.3, -0.25) is 4.79 Å². The fourth-order valence-corrected chi connectivity index (χ4v) is 2.98. The number of methoxy groups -OCH3 is 2. The molecule has 1 heterocycles. The second-order valence-corrected chi connectivity index (χ2v) is 6.35. The van der Waals surface area contributed by atoms with Crippen molar-refractivity contribution in [2.24, 2.45) is 5.10 Å². The van der Waals surface area contributed by atoms with Crippen molar-refractivity contribution in [1.82, 2.24) is 0 Å². The molecule has 0 saturated heterocycles. The van der Waals surface area contributed by atoms with E-state index in [-0.39, 0.29) is 16.5 Å². The van der Waals surface area contributed by atoms with E-state index in [1.807, 2.05) is 0 Å². The van der Waals surface area contributed by atoms with Crippen LogP contribution >= 0.6 is 11.6 Å². The van der Waals surface area contributed by atoms with Crippen molar-refractivity contribution in [3.05, 3.63) is 58.1 Å². The van der Waals surface area contributed by atoms with E-state index in [0.29, 0.717) is 28.5 Å². The van der Waals surface area contributed by atoms with Gasteiger partial charge in [-0.15, -0.1) is 0 Å². The van der Waals surface area contributed by atoms with Crippen molar-refractivity contribution in [1.29, 1.82) is 0 Å². The molecule has 1 amide bonds. The minimum absolute atomic E-state index is 0.0877. The molecule has 2 aromatic carbocycles. The predicted octanol–water partition coefficient (Wildman–Crippen LogP) is 3.86. The maximum Gasteiger partial charge on any atom is 0.337 e. The molecule has 0 spiro atoms. The van der Waals surface area contributed by atoms with Gasteiger partial charge in [0.15, 0.2) is 11.5 Å². The third-order valence-electron chi connectivity index (χ3n) is 4.21. The molecule has 0 unspecified atom stereocenters. The van der Waals surface area contributed by atoms with Crippen LogP contribution in [0.2, 0.25) is 5.02 Å². The topological polar surface area (TPSA) is 88.4 Å². The SMILES string of the molecule is COc1ccc(/C=C2\C(=O)N(c3ccc(Cl)c(C(=O)O)c3)N=C2C)cc1OC. The average molecular weight is 401 g/mol. The number of hydrogen-bond acceptors (Lipinski definition) is 5. The van der Waals surface area contributed by atoms with Crippen LogP contribution < -0.4 is 14.5 Å². The van der Waals surface area contributed by atoms with Crippen molar-refractivity contribution in [3.63, 3.8) is 0 Å². The van der Waals surface area contributed by atoms with Crippen molar-refractivity contribution in [2.75, 3.05) is 19.2 Å². The van der Waals surface area contributed by atoms with Crippen molar-refractivity contribution >= 4 is 41.0 Å². The number of carboxylic acids is 1. The Kier molecular flexibility index (Phi) is 5.37. The fourth-order valence-electron chi connectivity index (χ4n) is 2.78. The van der Waals surface area contributed by atoms with Crippen LogP contribution in [0.25, 0.3) is 6.08 Å². The number of anilines is 1. The minimum Gasteiger partial charge on any atom is -0.493 e. The Morgan fingerprint density at radius 3 is 2.50 bits per heavy atom. The van der Waals surface area contributed by atoms with E-state index in [9.17, 15) is 14.7 Å². The molecule has 0 saturated carbocycles. The number of halogens is 1. The molecular formula is C20H17ClN2O5. The Hall–Kier alpha value is -3.32. The van der Waals surface area contributed by atoms with Crippen molar-refractivity contribution < 1.29 is 24.2 Å². The maximum absolute atomic E-state index is 12.9. The summed E-state index contributed by atoms with van der Waals surface area (Å²) in [7, 11) is 3.08. The van der Waals surface area contributed by atoms with E-state index in [2.05, 4.69) is 5.10 Å². The van der Waals surface area contributed by atoms with Crippen molar-refractivity contribution in [3.8, 4) is 11.5 Å². The third-order valence-corrected chi connectivity index (χ3v) is 4.54. The van der Waals surface area contributed by atoms with Crippen LogP contribution in [0.15, 0.2) is 47.1 Å². The maximum atomic E-state index is 12.9. The summed E-state index contributed by atoms with van der Waals surface area (Å²) >= 11 is 5.90. The van der Waals surface area contributed by atoms with Crippen LogP contribution in [0.5, 0.6) is 11.5 Å². The molecular weight excluding hydrogens is 384 g/mol. The monoisotopic (exact) mass is 400 g/mol. The molecule has 0 aromatic heterocycles. The lowest BCUT2D eigenvalue weighted by Gasteiger charge is -2.13. The molecule has 1 N–H and O–H groups in total. The van der Waals surface area contributed by atoms with Gasteiger partial charge in [0.2, 0.25) is 0 Å².